The lowest BCUT2D eigenvalue weighted by atomic mass is 10.1. The average molecular weight is 561 g/mol. The van der Waals surface area contributed by atoms with E-state index in [9.17, 15) is 14.0 Å². The molecular weight excluding hydrogens is 527 g/mol. The maximum atomic E-state index is 14.1. The number of ether oxygens (including phenoxy) is 1. The number of nitrogens with one attached hydrogen (secondary N) is 1. The first-order chi connectivity index (χ1) is 19.4. The second kappa shape index (κ2) is 12.6. The smallest absolute Gasteiger partial charge is 0.264 e. The van der Waals surface area contributed by atoms with Crippen molar-refractivity contribution in [1.82, 2.24) is 10.2 Å². The molecule has 0 atom stereocenters. The molecule has 0 aliphatic carbocycles. The SMILES string of the molecule is COc1ccc(/C=C2\Sc3ccc(C(=O)NCCCN4CCN(c5ccccc5F)CC4)cc3N(C)C2=O)cc1. The number of piperazine rings is 1. The molecule has 0 spiro atoms. The van der Waals surface area contributed by atoms with Crippen LogP contribution in [0.3, 0.4) is 0 Å². The van der Waals surface area contributed by atoms with Gasteiger partial charge in [-0.3, -0.25) is 14.5 Å². The molecule has 0 aromatic heterocycles. The standard InChI is InChI=1S/C31H33FN4O3S/c1-34-27-21-23(10-13-28(27)40-29(31(34)38)20-22-8-11-24(39-2)12-9-22)30(37)33-14-5-15-35-16-18-36(19-17-35)26-7-4-3-6-25(26)32/h3-4,6-13,20-21H,5,14-19H2,1-2H3,(H,33,37)/b29-20-. The molecule has 0 radical (unpaired) electrons. The molecule has 2 amide bonds. The highest BCUT2D eigenvalue weighted by atomic mass is 32.2. The van der Waals surface area contributed by atoms with E-state index >= 15 is 0 Å². The highest BCUT2D eigenvalue weighted by Gasteiger charge is 2.27. The van der Waals surface area contributed by atoms with Gasteiger partial charge in [0, 0.05) is 50.2 Å². The molecule has 9 heteroatoms. The molecule has 0 unspecified atom stereocenters. The number of hydrogen-bond acceptors (Lipinski definition) is 6. The Bertz CT molecular complexity index is 1400. The van der Waals surface area contributed by atoms with E-state index in [-0.39, 0.29) is 17.6 Å². The molecule has 0 bridgehead atoms. The number of para-hydroxylation sites is 1. The van der Waals surface area contributed by atoms with Crippen LogP contribution in [0.1, 0.15) is 22.3 Å². The Morgan fingerprint density at radius 2 is 1.77 bits per heavy atom. The Kier molecular flexibility index (Phi) is 8.72. The molecule has 5 rings (SSSR count). The van der Waals surface area contributed by atoms with Crippen LogP contribution >= 0.6 is 11.8 Å². The number of methoxy groups -OCH3 is 1. The minimum atomic E-state index is -0.180. The molecule has 0 saturated carbocycles. The van der Waals surface area contributed by atoms with Crippen LogP contribution in [-0.2, 0) is 4.79 Å². The van der Waals surface area contributed by atoms with E-state index in [1.807, 2.05) is 48.5 Å². The first-order valence-corrected chi connectivity index (χ1v) is 14.2. The Hall–Kier alpha value is -3.82. The fraction of sp³-hybridized carbons (Fsp3) is 0.290. The number of rotatable bonds is 8. The molecule has 3 aromatic rings. The lowest BCUT2D eigenvalue weighted by Gasteiger charge is -2.36. The third-order valence-electron chi connectivity index (χ3n) is 7.23. The first kappa shape index (κ1) is 27.7. The fourth-order valence-electron chi connectivity index (χ4n) is 4.91. The topological polar surface area (TPSA) is 65.1 Å². The van der Waals surface area contributed by atoms with E-state index < -0.39 is 0 Å². The molecule has 1 fully saturated rings. The summed E-state index contributed by atoms with van der Waals surface area (Å²) in [5.41, 5.74) is 2.83. The van der Waals surface area contributed by atoms with Gasteiger partial charge in [0.2, 0.25) is 0 Å². The van der Waals surface area contributed by atoms with Crippen molar-refractivity contribution in [2.45, 2.75) is 11.3 Å². The number of thioether (sulfide) groups is 1. The Balaban J connectivity index is 1.11. The number of likely N-dealkylation sites (N-methyl/N-ethyl adjacent to an activating group) is 1. The van der Waals surface area contributed by atoms with E-state index in [2.05, 4.69) is 15.1 Å². The predicted molar refractivity (Wildman–Crippen MR) is 159 cm³/mol. The summed E-state index contributed by atoms with van der Waals surface area (Å²) >= 11 is 1.41. The lowest BCUT2D eigenvalue weighted by molar-refractivity contribution is -0.114. The molecule has 7 nitrogen and oxygen atoms in total. The van der Waals surface area contributed by atoms with Crippen molar-refractivity contribution in [3.8, 4) is 5.75 Å². The number of carbonyl (C=O) groups excluding carboxylic acids is 2. The van der Waals surface area contributed by atoms with Crippen molar-refractivity contribution in [3.05, 3.63) is 88.6 Å². The minimum Gasteiger partial charge on any atom is -0.497 e. The molecule has 40 heavy (non-hydrogen) atoms. The number of amides is 2. The number of benzene rings is 3. The minimum absolute atomic E-state index is 0.110. The Morgan fingerprint density at radius 3 is 2.50 bits per heavy atom. The van der Waals surface area contributed by atoms with Crippen LogP contribution in [0.15, 0.2) is 76.5 Å². The monoisotopic (exact) mass is 560 g/mol. The maximum absolute atomic E-state index is 14.1. The lowest BCUT2D eigenvalue weighted by Crippen LogP contribution is -2.47. The summed E-state index contributed by atoms with van der Waals surface area (Å²) in [4.78, 5) is 33.5. The van der Waals surface area contributed by atoms with Crippen LogP contribution in [0, 0.1) is 5.82 Å². The second-order valence-corrected chi connectivity index (χ2v) is 10.9. The van der Waals surface area contributed by atoms with Crippen molar-refractivity contribution in [2.75, 3.05) is 63.2 Å². The Labute approximate surface area is 238 Å². The summed E-state index contributed by atoms with van der Waals surface area (Å²) in [5.74, 6) is 0.316. The third kappa shape index (κ3) is 6.32. The van der Waals surface area contributed by atoms with Gasteiger partial charge in [-0.05, 0) is 67.1 Å². The predicted octanol–water partition coefficient (Wildman–Crippen LogP) is 4.89. The second-order valence-electron chi connectivity index (χ2n) is 9.82. The van der Waals surface area contributed by atoms with Crippen LogP contribution in [0.2, 0.25) is 0 Å². The van der Waals surface area contributed by atoms with Gasteiger partial charge in [-0.25, -0.2) is 4.39 Å². The van der Waals surface area contributed by atoms with Gasteiger partial charge in [-0.1, -0.05) is 36.0 Å². The molecule has 2 heterocycles. The first-order valence-electron chi connectivity index (χ1n) is 13.4. The summed E-state index contributed by atoms with van der Waals surface area (Å²) < 4.78 is 19.3. The molecule has 2 aliphatic heterocycles. The third-order valence-corrected chi connectivity index (χ3v) is 8.31. The van der Waals surface area contributed by atoms with Crippen LogP contribution in [-0.4, -0.2) is 70.1 Å². The van der Waals surface area contributed by atoms with Crippen molar-refractivity contribution >= 4 is 41.0 Å². The summed E-state index contributed by atoms with van der Waals surface area (Å²) in [6, 6.07) is 19.9. The highest BCUT2D eigenvalue weighted by molar-refractivity contribution is 8.04. The average Bonchev–Trinajstić information content (AvgIpc) is 2.99. The summed E-state index contributed by atoms with van der Waals surface area (Å²) in [5, 5.41) is 3.01. The van der Waals surface area contributed by atoms with E-state index in [0.717, 1.165) is 61.0 Å². The molecule has 208 valence electrons. The summed E-state index contributed by atoms with van der Waals surface area (Å²) in [6.45, 7) is 4.71. The van der Waals surface area contributed by atoms with Crippen molar-refractivity contribution in [2.24, 2.45) is 0 Å². The van der Waals surface area contributed by atoms with Gasteiger partial charge in [0.25, 0.3) is 11.8 Å². The summed E-state index contributed by atoms with van der Waals surface area (Å²) in [7, 11) is 3.35. The van der Waals surface area contributed by atoms with Gasteiger partial charge in [-0.15, -0.1) is 0 Å². The van der Waals surface area contributed by atoms with Crippen LogP contribution in [0.25, 0.3) is 6.08 Å². The van der Waals surface area contributed by atoms with Gasteiger partial charge in [0.15, 0.2) is 0 Å². The molecule has 3 aromatic carbocycles. The summed E-state index contributed by atoms with van der Waals surface area (Å²) in [6.07, 6.45) is 2.69. The zero-order chi connectivity index (χ0) is 28.1. The van der Waals surface area contributed by atoms with Gasteiger partial charge < -0.3 is 19.9 Å². The van der Waals surface area contributed by atoms with Crippen LogP contribution in [0.4, 0.5) is 15.8 Å². The van der Waals surface area contributed by atoms with Crippen LogP contribution < -0.4 is 19.9 Å². The van der Waals surface area contributed by atoms with E-state index in [0.29, 0.717) is 22.7 Å². The molecular formula is C31H33FN4O3S. The van der Waals surface area contributed by atoms with Crippen LogP contribution in [0.5, 0.6) is 5.75 Å². The Morgan fingerprint density at radius 1 is 1.02 bits per heavy atom. The zero-order valence-corrected chi connectivity index (χ0v) is 23.5. The molecule has 1 N–H and O–H groups in total. The molecule has 1 saturated heterocycles. The fourth-order valence-corrected chi connectivity index (χ4v) is 6.01. The highest BCUT2D eigenvalue weighted by Crippen LogP contribution is 2.42. The van der Waals surface area contributed by atoms with Gasteiger partial charge in [-0.2, -0.15) is 0 Å². The number of fused-ring (bicyclic) bond motifs is 1. The van der Waals surface area contributed by atoms with Gasteiger partial charge in [0.05, 0.1) is 23.4 Å². The molecule has 2 aliphatic rings. The number of anilines is 2. The number of nitrogens with zero attached hydrogens (tertiary/aromatic N) is 3. The van der Waals surface area contributed by atoms with Gasteiger partial charge in [0.1, 0.15) is 11.6 Å². The zero-order valence-electron chi connectivity index (χ0n) is 22.7. The van der Waals surface area contributed by atoms with E-state index in [1.54, 1.807) is 37.3 Å². The largest absolute Gasteiger partial charge is 0.497 e. The number of carbonyl (C=O) groups is 2. The number of hydrogen-bond donors (Lipinski definition) is 1. The van der Waals surface area contributed by atoms with Crippen molar-refractivity contribution < 1.29 is 18.7 Å². The van der Waals surface area contributed by atoms with Gasteiger partial charge >= 0.3 is 0 Å². The normalized spacial score (nSPS) is 16.7. The van der Waals surface area contributed by atoms with Crippen molar-refractivity contribution in [1.29, 1.82) is 0 Å². The van der Waals surface area contributed by atoms with E-state index in [1.165, 1.54) is 17.8 Å². The maximum Gasteiger partial charge on any atom is 0.264 e. The quantitative estimate of drug-likeness (QED) is 0.313. The van der Waals surface area contributed by atoms with Crippen molar-refractivity contribution in [3.63, 3.8) is 0 Å². The van der Waals surface area contributed by atoms with E-state index in [4.69, 9.17) is 4.74 Å². The number of halogens is 1.